The van der Waals surface area contributed by atoms with Crippen LogP contribution in [0.15, 0.2) is 23.1 Å². The Balaban J connectivity index is 1.29. The van der Waals surface area contributed by atoms with Crippen LogP contribution in [0.2, 0.25) is 0 Å². The molecule has 2 atom stereocenters. The van der Waals surface area contributed by atoms with E-state index in [0.29, 0.717) is 11.8 Å². The summed E-state index contributed by atoms with van der Waals surface area (Å²) in [6.45, 7) is 5.90. The maximum absolute atomic E-state index is 12.7. The monoisotopic (exact) mass is 412 g/mol. The first-order valence-corrected chi connectivity index (χ1v) is 11.6. The number of nitrogens with zero attached hydrogens (tertiary/aromatic N) is 3. The van der Waals surface area contributed by atoms with E-state index in [2.05, 4.69) is 38.8 Å². The zero-order chi connectivity index (χ0) is 20.0. The molecule has 2 aliphatic heterocycles. The van der Waals surface area contributed by atoms with Gasteiger partial charge in [0.15, 0.2) is 0 Å². The zero-order valence-electron chi connectivity index (χ0n) is 16.9. The lowest BCUT2D eigenvalue weighted by molar-refractivity contribution is 0.0925. The number of fused-ring (bicyclic) bond motifs is 3. The summed E-state index contributed by atoms with van der Waals surface area (Å²) in [4.78, 5) is 34.9. The quantitative estimate of drug-likeness (QED) is 0.839. The van der Waals surface area contributed by atoms with Crippen LogP contribution in [0.1, 0.15) is 64.0 Å². The number of aryl methyl sites for hydroxylation is 1. The molecule has 0 radical (unpaired) electrons. The molecule has 0 aromatic carbocycles. The van der Waals surface area contributed by atoms with Gasteiger partial charge in [0.05, 0.1) is 0 Å². The van der Waals surface area contributed by atoms with E-state index in [0.717, 1.165) is 57.7 Å². The molecule has 3 aliphatic rings. The molecule has 2 aromatic rings. The van der Waals surface area contributed by atoms with Gasteiger partial charge in [0.25, 0.3) is 11.5 Å². The van der Waals surface area contributed by atoms with Crippen LogP contribution in [0.3, 0.4) is 0 Å². The molecule has 2 fully saturated rings. The van der Waals surface area contributed by atoms with Crippen LogP contribution in [0.25, 0.3) is 0 Å². The molecular weight excluding hydrogens is 384 g/mol. The van der Waals surface area contributed by atoms with Gasteiger partial charge in [-0.1, -0.05) is 19.3 Å². The van der Waals surface area contributed by atoms with Gasteiger partial charge in [-0.05, 0) is 31.9 Å². The topological polar surface area (TPSA) is 67.2 Å². The summed E-state index contributed by atoms with van der Waals surface area (Å²) >= 11 is 1.85. The van der Waals surface area contributed by atoms with E-state index in [1.807, 2.05) is 11.3 Å². The van der Waals surface area contributed by atoms with Crippen molar-refractivity contribution in [3.8, 4) is 0 Å². The van der Waals surface area contributed by atoms with Crippen molar-refractivity contribution < 1.29 is 4.79 Å². The minimum absolute atomic E-state index is 0.197. The van der Waals surface area contributed by atoms with Crippen molar-refractivity contribution in [2.45, 2.75) is 64.1 Å². The molecule has 1 N–H and O–H groups in total. The zero-order valence-corrected chi connectivity index (χ0v) is 17.7. The lowest BCUT2D eigenvalue weighted by atomic mass is 9.95. The van der Waals surface area contributed by atoms with Gasteiger partial charge < -0.3 is 9.88 Å². The lowest BCUT2D eigenvalue weighted by Crippen LogP contribution is -2.39. The van der Waals surface area contributed by atoms with E-state index >= 15 is 0 Å². The molecule has 154 valence electrons. The minimum atomic E-state index is -0.377. The third-order valence-corrected chi connectivity index (χ3v) is 7.65. The predicted molar refractivity (Wildman–Crippen MR) is 113 cm³/mol. The Hall–Kier alpha value is -1.99. The number of amides is 1. The van der Waals surface area contributed by atoms with Crippen LogP contribution in [0, 0.1) is 12.8 Å². The van der Waals surface area contributed by atoms with Crippen LogP contribution in [-0.4, -0.2) is 39.5 Å². The fourth-order valence-corrected chi connectivity index (χ4v) is 6.16. The molecular formula is C22H28N4O2S. The first-order chi connectivity index (χ1) is 14.1. The number of carbonyl (C=O) groups excluding carboxylic acids is 1. The summed E-state index contributed by atoms with van der Waals surface area (Å²) in [6.07, 6.45) is 7.31. The molecule has 0 bridgehead atoms. The third-order valence-electron chi connectivity index (χ3n) is 6.67. The Kier molecular flexibility index (Phi) is 5.04. The largest absolute Gasteiger partial charge is 0.349 e. The smallest absolute Gasteiger partial charge is 0.285 e. The van der Waals surface area contributed by atoms with Crippen molar-refractivity contribution in [3.05, 3.63) is 49.8 Å². The van der Waals surface area contributed by atoms with E-state index in [9.17, 15) is 9.59 Å². The van der Waals surface area contributed by atoms with Gasteiger partial charge in [-0.15, -0.1) is 11.3 Å². The second-order valence-corrected chi connectivity index (χ2v) is 10.2. The van der Waals surface area contributed by atoms with Crippen LogP contribution in [0.4, 0.5) is 0 Å². The molecule has 6 nitrogen and oxygen atoms in total. The maximum Gasteiger partial charge on any atom is 0.285 e. The first-order valence-electron chi connectivity index (χ1n) is 10.8. The van der Waals surface area contributed by atoms with Gasteiger partial charge in [-0.2, -0.15) is 4.98 Å². The number of carbonyl (C=O) groups is 1. The SMILES string of the molecule is Cc1ccc(CN2C[C@@H]3Cn4cc(C(=O)NC5CCCCC5)c(=O)nc4[C@@H]3C2)s1. The van der Waals surface area contributed by atoms with Gasteiger partial charge in [0, 0.05) is 60.0 Å². The molecule has 0 spiro atoms. The van der Waals surface area contributed by atoms with Crippen molar-refractivity contribution >= 4 is 17.2 Å². The van der Waals surface area contributed by atoms with Gasteiger partial charge in [0.2, 0.25) is 0 Å². The molecule has 1 saturated carbocycles. The number of hydrogen-bond acceptors (Lipinski definition) is 5. The summed E-state index contributed by atoms with van der Waals surface area (Å²) < 4.78 is 2.05. The highest BCUT2D eigenvalue weighted by molar-refractivity contribution is 7.11. The van der Waals surface area contributed by atoms with E-state index in [4.69, 9.17) is 0 Å². The van der Waals surface area contributed by atoms with Crippen molar-refractivity contribution in [2.75, 3.05) is 13.1 Å². The number of nitrogens with one attached hydrogen (secondary N) is 1. The number of aromatic nitrogens is 2. The average molecular weight is 413 g/mol. The summed E-state index contributed by atoms with van der Waals surface area (Å²) in [5, 5.41) is 3.05. The van der Waals surface area contributed by atoms with E-state index < -0.39 is 0 Å². The molecule has 0 unspecified atom stereocenters. The van der Waals surface area contributed by atoms with E-state index in [-0.39, 0.29) is 23.1 Å². The van der Waals surface area contributed by atoms with Crippen molar-refractivity contribution in [1.29, 1.82) is 0 Å². The van der Waals surface area contributed by atoms with Gasteiger partial charge in [-0.3, -0.25) is 14.5 Å². The highest BCUT2D eigenvalue weighted by Gasteiger charge is 2.41. The number of rotatable bonds is 4. The fourth-order valence-electron chi connectivity index (χ4n) is 5.22. The summed E-state index contributed by atoms with van der Waals surface area (Å²) in [6, 6.07) is 4.58. The first kappa shape index (κ1) is 19.0. The molecule has 1 amide bonds. The van der Waals surface area contributed by atoms with E-state index in [1.165, 1.54) is 16.2 Å². The second-order valence-electron chi connectivity index (χ2n) is 8.85. The Morgan fingerprint density at radius 3 is 2.79 bits per heavy atom. The molecule has 1 saturated heterocycles. The van der Waals surface area contributed by atoms with Gasteiger partial charge in [-0.25, -0.2) is 0 Å². The fraction of sp³-hybridized carbons (Fsp3) is 0.591. The maximum atomic E-state index is 12.7. The van der Waals surface area contributed by atoms with Gasteiger partial charge >= 0.3 is 0 Å². The normalized spacial score (nSPS) is 24.4. The van der Waals surface area contributed by atoms with Crippen LogP contribution >= 0.6 is 11.3 Å². The summed E-state index contributed by atoms with van der Waals surface area (Å²) in [5.74, 6) is 1.37. The van der Waals surface area contributed by atoms with Crippen molar-refractivity contribution in [1.82, 2.24) is 19.8 Å². The molecule has 5 rings (SSSR count). The standard InChI is InChI=1S/C22H28N4O2S/c1-14-7-8-17(29-14)11-25-9-15-10-26-13-19(22(28)24-20(26)18(15)12-25)21(27)23-16-5-3-2-4-6-16/h7-8,13,15-16,18H,2-6,9-12H2,1H3,(H,23,27)/t15-,18-/m1/s1. The number of hydrogen-bond donors (Lipinski definition) is 1. The molecule has 4 heterocycles. The van der Waals surface area contributed by atoms with Crippen LogP contribution in [0.5, 0.6) is 0 Å². The van der Waals surface area contributed by atoms with E-state index in [1.54, 1.807) is 6.20 Å². The Morgan fingerprint density at radius 2 is 2.03 bits per heavy atom. The van der Waals surface area contributed by atoms with Gasteiger partial charge in [0.1, 0.15) is 11.4 Å². The number of likely N-dealkylation sites (tertiary alicyclic amines) is 1. The van der Waals surface area contributed by atoms with Crippen molar-refractivity contribution in [3.63, 3.8) is 0 Å². The summed E-state index contributed by atoms with van der Waals surface area (Å²) in [5.41, 5.74) is -0.178. The molecule has 2 aromatic heterocycles. The molecule has 7 heteroatoms. The lowest BCUT2D eigenvalue weighted by Gasteiger charge is -2.22. The Labute approximate surface area is 175 Å². The Morgan fingerprint density at radius 1 is 1.21 bits per heavy atom. The minimum Gasteiger partial charge on any atom is -0.349 e. The highest BCUT2D eigenvalue weighted by Crippen LogP contribution is 2.38. The van der Waals surface area contributed by atoms with Crippen molar-refractivity contribution in [2.24, 2.45) is 5.92 Å². The number of thiophene rings is 1. The van der Waals surface area contributed by atoms with Crippen LogP contribution in [-0.2, 0) is 13.1 Å². The van der Waals surface area contributed by atoms with Crippen LogP contribution < -0.4 is 10.9 Å². The third kappa shape index (κ3) is 3.78. The molecule has 1 aliphatic carbocycles. The Bertz CT molecular complexity index is 975. The highest BCUT2D eigenvalue weighted by atomic mass is 32.1. The predicted octanol–water partition coefficient (Wildman–Crippen LogP) is 2.90. The average Bonchev–Trinajstić information content (AvgIpc) is 3.37. The summed E-state index contributed by atoms with van der Waals surface area (Å²) in [7, 11) is 0. The second kappa shape index (κ2) is 7.69. The molecule has 29 heavy (non-hydrogen) atoms.